The fourth-order valence-electron chi connectivity index (χ4n) is 3.49. The Morgan fingerprint density at radius 1 is 1.20 bits per heavy atom. The van der Waals surface area contributed by atoms with Crippen molar-refractivity contribution < 1.29 is 9.53 Å². The number of carbonyl (C=O) groups is 1. The molecule has 0 spiro atoms. The Morgan fingerprint density at radius 2 is 1.92 bits per heavy atom. The predicted molar refractivity (Wildman–Crippen MR) is 99.9 cm³/mol. The van der Waals surface area contributed by atoms with Gasteiger partial charge in [-0.05, 0) is 26.1 Å². The van der Waals surface area contributed by atoms with Gasteiger partial charge in [0.25, 0.3) is 5.91 Å². The Balaban J connectivity index is 1.40. The minimum atomic E-state index is -0.333. The lowest BCUT2D eigenvalue weighted by Crippen LogP contribution is -2.54. The summed E-state index contributed by atoms with van der Waals surface area (Å²) in [4.78, 5) is 19.3. The van der Waals surface area contributed by atoms with Crippen LogP contribution < -0.4 is 10.2 Å². The highest BCUT2D eigenvalue weighted by molar-refractivity contribution is 5.81. The Kier molecular flexibility index (Phi) is 6.29. The second-order valence-electron chi connectivity index (χ2n) is 7.07. The van der Waals surface area contributed by atoms with Crippen molar-refractivity contribution in [2.24, 2.45) is 0 Å². The minimum absolute atomic E-state index is 0.0151. The van der Waals surface area contributed by atoms with E-state index in [-0.39, 0.29) is 12.0 Å². The van der Waals surface area contributed by atoms with Gasteiger partial charge in [-0.1, -0.05) is 18.2 Å². The highest BCUT2D eigenvalue weighted by Crippen LogP contribution is 2.16. The van der Waals surface area contributed by atoms with Crippen LogP contribution in [0.2, 0.25) is 0 Å². The fourth-order valence-corrected chi connectivity index (χ4v) is 3.49. The molecule has 0 radical (unpaired) electrons. The molecule has 1 aromatic rings. The van der Waals surface area contributed by atoms with Gasteiger partial charge < -0.3 is 19.9 Å². The smallest absolute Gasteiger partial charge is 0.250 e. The van der Waals surface area contributed by atoms with E-state index in [4.69, 9.17) is 4.74 Å². The number of para-hydroxylation sites is 1. The maximum Gasteiger partial charge on any atom is 0.250 e. The molecule has 0 aliphatic carbocycles. The molecule has 1 N–H and O–H groups in total. The number of morpholine rings is 1. The van der Waals surface area contributed by atoms with Crippen LogP contribution in [0.4, 0.5) is 5.69 Å². The first-order chi connectivity index (χ1) is 12.1. The number of anilines is 1. The van der Waals surface area contributed by atoms with Gasteiger partial charge in [-0.2, -0.15) is 0 Å². The van der Waals surface area contributed by atoms with Crippen molar-refractivity contribution in [1.29, 1.82) is 0 Å². The summed E-state index contributed by atoms with van der Waals surface area (Å²) in [5, 5.41) is 3.07. The van der Waals surface area contributed by atoms with Gasteiger partial charge in [0.2, 0.25) is 0 Å². The first-order valence-electron chi connectivity index (χ1n) is 9.25. The molecule has 1 aromatic carbocycles. The molecule has 1 amide bonds. The van der Waals surface area contributed by atoms with Gasteiger partial charge in [0.05, 0.1) is 6.61 Å². The maximum absolute atomic E-state index is 12.3. The predicted octanol–water partition coefficient (Wildman–Crippen LogP) is 0.644. The molecule has 2 aliphatic rings. The summed E-state index contributed by atoms with van der Waals surface area (Å²) >= 11 is 0. The van der Waals surface area contributed by atoms with Crippen LogP contribution in [0.15, 0.2) is 30.3 Å². The van der Waals surface area contributed by atoms with E-state index in [0.29, 0.717) is 25.7 Å². The van der Waals surface area contributed by atoms with E-state index in [0.717, 1.165) is 32.7 Å². The second kappa shape index (κ2) is 8.65. The van der Waals surface area contributed by atoms with Gasteiger partial charge >= 0.3 is 0 Å². The summed E-state index contributed by atoms with van der Waals surface area (Å²) in [7, 11) is 2.03. The SMILES string of the molecule is CC(CNC(=O)C1CN(C)CCO1)N1CCN(c2ccccc2)CC1. The number of rotatable bonds is 5. The van der Waals surface area contributed by atoms with E-state index in [1.54, 1.807) is 0 Å². The zero-order valence-electron chi connectivity index (χ0n) is 15.4. The number of ether oxygens (including phenoxy) is 1. The van der Waals surface area contributed by atoms with E-state index in [1.165, 1.54) is 5.69 Å². The minimum Gasteiger partial charge on any atom is -0.369 e. The number of nitrogens with zero attached hydrogens (tertiary/aromatic N) is 3. The van der Waals surface area contributed by atoms with Crippen LogP contribution in [0.1, 0.15) is 6.92 Å². The van der Waals surface area contributed by atoms with Crippen LogP contribution in [-0.4, -0.2) is 87.3 Å². The molecule has 0 bridgehead atoms. The first kappa shape index (κ1) is 18.2. The Labute approximate surface area is 150 Å². The number of carbonyl (C=O) groups excluding carboxylic acids is 1. The van der Waals surface area contributed by atoms with Gasteiger partial charge in [-0.15, -0.1) is 0 Å². The average molecular weight is 346 g/mol. The summed E-state index contributed by atoms with van der Waals surface area (Å²) < 4.78 is 5.58. The molecule has 3 rings (SSSR count). The van der Waals surface area contributed by atoms with Crippen molar-refractivity contribution in [3.05, 3.63) is 30.3 Å². The van der Waals surface area contributed by atoms with Gasteiger partial charge in [0, 0.05) is 57.5 Å². The molecule has 2 saturated heterocycles. The summed E-state index contributed by atoms with van der Waals surface area (Å²) in [6.07, 6.45) is -0.333. The molecule has 2 unspecified atom stereocenters. The number of benzene rings is 1. The molecule has 138 valence electrons. The van der Waals surface area contributed by atoms with E-state index < -0.39 is 0 Å². The van der Waals surface area contributed by atoms with Crippen molar-refractivity contribution in [3.8, 4) is 0 Å². The van der Waals surface area contributed by atoms with E-state index in [1.807, 2.05) is 7.05 Å². The van der Waals surface area contributed by atoms with E-state index in [2.05, 4.69) is 57.3 Å². The zero-order valence-corrected chi connectivity index (χ0v) is 15.4. The second-order valence-corrected chi connectivity index (χ2v) is 7.07. The molecule has 2 fully saturated rings. The maximum atomic E-state index is 12.3. The Morgan fingerprint density at radius 3 is 2.60 bits per heavy atom. The molecule has 6 nitrogen and oxygen atoms in total. The van der Waals surface area contributed by atoms with E-state index in [9.17, 15) is 4.79 Å². The summed E-state index contributed by atoms with van der Waals surface area (Å²) in [6.45, 7) is 9.16. The molecule has 2 atom stereocenters. The number of nitrogens with one attached hydrogen (secondary N) is 1. The van der Waals surface area contributed by atoms with Gasteiger partial charge in [0.15, 0.2) is 0 Å². The van der Waals surface area contributed by atoms with Crippen LogP contribution >= 0.6 is 0 Å². The Hall–Kier alpha value is -1.63. The molecule has 0 aromatic heterocycles. The molecule has 0 saturated carbocycles. The van der Waals surface area contributed by atoms with Crippen LogP contribution in [0.3, 0.4) is 0 Å². The summed E-state index contributed by atoms with van der Waals surface area (Å²) in [5.74, 6) is 0.0151. The van der Waals surface area contributed by atoms with Gasteiger partial charge in [0.1, 0.15) is 6.10 Å². The lowest BCUT2D eigenvalue weighted by Gasteiger charge is -2.39. The largest absolute Gasteiger partial charge is 0.369 e. The lowest BCUT2D eigenvalue weighted by molar-refractivity contribution is -0.138. The van der Waals surface area contributed by atoms with Crippen LogP contribution in [0.25, 0.3) is 0 Å². The summed E-state index contributed by atoms with van der Waals surface area (Å²) in [5.41, 5.74) is 1.29. The zero-order chi connectivity index (χ0) is 17.6. The van der Waals surface area contributed by atoms with Crippen molar-refractivity contribution in [1.82, 2.24) is 15.1 Å². The lowest BCUT2D eigenvalue weighted by atomic mass is 10.2. The number of amides is 1. The van der Waals surface area contributed by atoms with E-state index >= 15 is 0 Å². The average Bonchev–Trinajstić information content (AvgIpc) is 2.66. The Bertz CT molecular complexity index is 546. The third kappa shape index (κ3) is 4.93. The quantitative estimate of drug-likeness (QED) is 0.848. The number of piperazine rings is 1. The molecule has 6 heteroatoms. The standard InChI is InChI=1S/C19H30N4O2/c1-16(14-20-19(24)18-15-21(2)12-13-25-18)22-8-10-23(11-9-22)17-6-4-3-5-7-17/h3-7,16,18H,8-15H2,1-2H3,(H,20,24). The molecular formula is C19H30N4O2. The monoisotopic (exact) mass is 346 g/mol. The van der Waals surface area contributed by atoms with Crippen molar-refractivity contribution in [2.45, 2.75) is 19.1 Å². The number of likely N-dealkylation sites (N-methyl/N-ethyl adjacent to an activating group) is 1. The first-order valence-corrected chi connectivity index (χ1v) is 9.25. The third-order valence-corrected chi connectivity index (χ3v) is 5.19. The molecular weight excluding hydrogens is 316 g/mol. The molecule has 25 heavy (non-hydrogen) atoms. The van der Waals surface area contributed by atoms with Gasteiger partial charge in [-0.25, -0.2) is 0 Å². The third-order valence-electron chi connectivity index (χ3n) is 5.19. The van der Waals surface area contributed by atoms with Crippen LogP contribution in [0.5, 0.6) is 0 Å². The molecule has 2 heterocycles. The van der Waals surface area contributed by atoms with Gasteiger partial charge in [-0.3, -0.25) is 9.69 Å². The summed E-state index contributed by atoms with van der Waals surface area (Å²) in [6, 6.07) is 10.9. The van der Waals surface area contributed by atoms with Crippen LogP contribution in [-0.2, 0) is 9.53 Å². The van der Waals surface area contributed by atoms with Crippen molar-refractivity contribution >= 4 is 11.6 Å². The highest BCUT2D eigenvalue weighted by Gasteiger charge is 2.26. The van der Waals surface area contributed by atoms with Crippen LogP contribution in [0, 0.1) is 0 Å². The topological polar surface area (TPSA) is 48.1 Å². The van der Waals surface area contributed by atoms with Crippen molar-refractivity contribution in [2.75, 3.05) is 64.4 Å². The highest BCUT2D eigenvalue weighted by atomic mass is 16.5. The number of hydrogen-bond acceptors (Lipinski definition) is 5. The normalized spacial score (nSPS) is 24.1. The van der Waals surface area contributed by atoms with Crippen molar-refractivity contribution in [3.63, 3.8) is 0 Å². The fraction of sp³-hybridized carbons (Fsp3) is 0.632. The molecule has 2 aliphatic heterocycles. The number of hydrogen-bond donors (Lipinski definition) is 1.